The van der Waals surface area contributed by atoms with Gasteiger partial charge in [0.15, 0.2) is 5.82 Å². The topological polar surface area (TPSA) is 82.0 Å². The molecule has 5 nitrogen and oxygen atoms in total. The van der Waals surface area contributed by atoms with Gasteiger partial charge in [0.1, 0.15) is 0 Å². The molecular formula is C14H17N3O2S. The first-order valence-electron chi connectivity index (χ1n) is 6.33. The van der Waals surface area contributed by atoms with Crippen molar-refractivity contribution in [1.82, 2.24) is 10.1 Å². The van der Waals surface area contributed by atoms with Gasteiger partial charge in [-0.25, -0.2) is 0 Å². The summed E-state index contributed by atoms with van der Waals surface area (Å²) in [7, 11) is 0. The molecule has 1 atom stereocenters. The second kappa shape index (κ2) is 6.56. The number of rotatable bonds is 6. The van der Waals surface area contributed by atoms with Crippen molar-refractivity contribution in [3.63, 3.8) is 0 Å². The summed E-state index contributed by atoms with van der Waals surface area (Å²) in [5.41, 5.74) is 7.57. The van der Waals surface area contributed by atoms with E-state index in [4.69, 9.17) is 10.3 Å². The number of aryl methyl sites for hydroxylation is 1. The van der Waals surface area contributed by atoms with E-state index in [9.17, 15) is 4.79 Å². The Kier molecular flexibility index (Phi) is 4.79. The smallest absolute Gasteiger partial charge is 0.231 e. The van der Waals surface area contributed by atoms with Crippen LogP contribution in [0.25, 0.3) is 0 Å². The van der Waals surface area contributed by atoms with E-state index in [1.165, 1.54) is 22.9 Å². The molecule has 0 aliphatic rings. The summed E-state index contributed by atoms with van der Waals surface area (Å²) >= 11 is 1.40. The first kappa shape index (κ1) is 14.6. The van der Waals surface area contributed by atoms with Crippen LogP contribution < -0.4 is 5.73 Å². The molecule has 0 bridgehead atoms. The molecule has 0 spiro atoms. The number of carbonyl (C=O) groups excluding carboxylic acids is 1. The second-order valence-electron chi connectivity index (χ2n) is 4.56. The highest BCUT2D eigenvalue weighted by Crippen LogP contribution is 2.17. The van der Waals surface area contributed by atoms with Gasteiger partial charge < -0.3 is 10.3 Å². The lowest BCUT2D eigenvalue weighted by Crippen LogP contribution is -2.22. The molecule has 0 aliphatic heterocycles. The number of nitrogens with two attached hydrogens (primary N) is 1. The third kappa shape index (κ3) is 3.84. The van der Waals surface area contributed by atoms with Crippen LogP contribution in [0.2, 0.25) is 0 Å². The van der Waals surface area contributed by atoms with Crippen molar-refractivity contribution in [1.29, 1.82) is 0 Å². The summed E-state index contributed by atoms with van der Waals surface area (Å²) in [4.78, 5) is 15.3. The highest BCUT2D eigenvalue weighted by atomic mass is 32.2. The summed E-state index contributed by atoms with van der Waals surface area (Å²) < 4.78 is 5.23. The number of benzene rings is 1. The first-order chi connectivity index (χ1) is 9.56. The highest BCUT2D eigenvalue weighted by molar-refractivity contribution is 7.99. The number of aromatic nitrogens is 2. The van der Waals surface area contributed by atoms with Gasteiger partial charge >= 0.3 is 0 Å². The fourth-order valence-electron chi connectivity index (χ4n) is 1.67. The van der Waals surface area contributed by atoms with Crippen molar-refractivity contribution in [2.24, 2.45) is 5.73 Å². The second-order valence-corrected chi connectivity index (χ2v) is 5.89. The van der Waals surface area contributed by atoms with E-state index in [2.05, 4.69) is 23.1 Å². The maximum atomic E-state index is 10.9. The van der Waals surface area contributed by atoms with Crippen LogP contribution >= 0.6 is 11.8 Å². The maximum absolute atomic E-state index is 10.9. The van der Waals surface area contributed by atoms with Gasteiger partial charge in [0, 0.05) is 0 Å². The highest BCUT2D eigenvalue weighted by Gasteiger charge is 2.13. The summed E-state index contributed by atoms with van der Waals surface area (Å²) in [5.74, 6) is 1.36. The zero-order valence-electron chi connectivity index (χ0n) is 11.5. The van der Waals surface area contributed by atoms with Crippen molar-refractivity contribution in [2.45, 2.75) is 31.3 Å². The SMILES string of the molecule is Cc1ccccc1Cc1nc(CSC(C)C(N)=O)no1. The average molecular weight is 291 g/mol. The lowest BCUT2D eigenvalue weighted by Gasteiger charge is -2.03. The van der Waals surface area contributed by atoms with Crippen LogP contribution in [0.5, 0.6) is 0 Å². The van der Waals surface area contributed by atoms with E-state index in [1.54, 1.807) is 6.92 Å². The predicted molar refractivity (Wildman–Crippen MR) is 78.2 cm³/mol. The van der Waals surface area contributed by atoms with Crippen LogP contribution in [0.15, 0.2) is 28.8 Å². The average Bonchev–Trinajstić information content (AvgIpc) is 2.86. The Morgan fingerprint density at radius 3 is 2.90 bits per heavy atom. The minimum atomic E-state index is -0.335. The number of hydrogen-bond acceptors (Lipinski definition) is 5. The van der Waals surface area contributed by atoms with Crippen LogP contribution in [-0.4, -0.2) is 21.3 Å². The molecule has 2 rings (SSSR count). The molecule has 1 heterocycles. The van der Waals surface area contributed by atoms with E-state index in [0.717, 1.165) is 0 Å². The number of amides is 1. The summed E-state index contributed by atoms with van der Waals surface area (Å²) in [6, 6.07) is 8.09. The van der Waals surface area contributed by atoms with Gasteiger partial charge in [0.25, 0.3) is 0 Å². The van der Waals surface area contributed by atoms with E-state index in [1.807, 2.05) is 18.2 Å². The largest absolute Gasteiger partial charge is 0.369 e. The molecule has 0 aliphatic carbocycles. The van der Waals surface area contributed by atoms with E-state index in [-0.39, 0.29) is 11.2 Å². The van der Waals surface area contributed by atoms with Crippen molar-refractivity contribution in [3.8, 4) is 0 Å². The lowest BCUT2D eigenvalue weighted by atomic mass is 10.1. The number of primary amides is 1. The number of hydrogen-bond donors (Lipinski definition) is 1. The molecule has 6 heteroatoms. The molecule has 0 fully saturated rings. The lowest BCUT2D eigenvalue weighted by molar-refractivity contribution is -0.117. The quantitative estimate of drug-likeness (QED) is 0.881. The third-order valence-corrected chi connectivity index (χ3v) is 4.13. The van der Waals surface area contributed by atoms with E-state index >= 15 is 0 Å². The molecule has 2 aromatic rings. The van der Waals surface area contributed by atoms with Gasteiger partial charge in [-0.1, -0.05) is 29.4 Å². The fourth-order valence-corrected chi connectivity index (χ4v) is 2.35. The van der Waals surface area contributed by atoms with Crippen molar-refractivity contribution in [3.05, 3.63) is 47.1 Å². The molecule has 0 saturated heterocycles. The van der Waals surface area contributed by atoms with Crippen molar-refractivity contribution < 1.29 is 9.32 Å². The summed E-state index contributed by atoms with van der Waals surface area (Å²) in [6.07, 6.45) is 0.621. The number of nitrogens with zero attached hydrogens (tertiary/aromatic N) is 2. The molecule has 20 heavy (non-hydrogen) atoms. The molecule has 0 radical (unpaired) electrons. The predicted octanol–water partition coefficient (Wildman–Crippen LogP) is 2.08. The van der Waals surface area contributed by atoms with E-state index in [0.29, 0.717) is 23.9 Å². The Hall–Kier alpha value is -1.82. The maximum Gasteiger partial charge on any atom is 0.231 e. The van der Waals surface area contributed by atoms with Gasteiger partial charge in [-0.3, -0.25) is 4.79 Å². The van der Waals surface area contributed by atoms with Crippen molar-refractivity contribution >= 4 is 17.7 Å². The Balaban J connectivity index is 1.96. The summed E-state index contributed by atoms with van der Waals surface area (Å²) in [5, 5.41) is 3.66. The Morgan fingerprint density at radius 1 is 1.45 bits per heavy atom. The molecule has 1 unspecified atom stereocenters. The molecule has 106 valence electrons. The molecule has 1 aromatic carbocycles. The summed E-state index contributed by atoms with van der Waals surface area (Å²) in [6.45, 7) is 3.82. The molecular weight excluding hydrogens is 274 g/mol. The van der Waals surface area contributed by atoms with Crippen LogP contribution in [0.4, 0.5) is 0 Å². The monoisotopic (exact) mass is 291 g/mol. The van der Waals surface area contributed by atoms with E-state index < -0.39 is 0 Å². The Morgan fingerprint density at radius 2 is 2.20 bits per heavy atom. The molecule has 0 saturated carbocycles. The van der Waals surface area contributed by atoms with Crippen molar-refractivity contribution in [2.75, 3.05) is 0 Å². The third-order valence-electron chi connectivity index (χ3n) is 2.98. The van der Waals surface area contributed by atoms with Crippen LogP contribution in [-0.2, 0) is 17.0 Å². The van der Waals surface area contributed by atoms with Crippen LogP contribution in [0, 0.1) is 6.92 Å². The normalized spacial score (nSPS) is 12.3. The van der Waals surface area contributed by atoms with Crippen LogP contribution in [0.1, 0.15) is 29.8 Å². The Labute approximate surface area is 121 Å². The fraction of sp³-hybridized carbons (Fsp3) is 0.357. The minimum Gasteiger partial charge on any atom is -0.369 e. The van der Waals surface area contributed by atoms with Gasteiger partial charge in [-0.15, -0.1) is 11.8 Å². The van der Waals surface area contributed by atoms with Gasteiger partial charge in [0.2, 0.25) is 11.8 Å². The minimum absolute atomic E-state index is 0.256. The first-order valence-corrected chi connectivity index (χ1v) is 7.38. The molecule has 2 N–H and O–H groups in total. The van der Waals surface area contributed by atoms with Gasteiger partial charge in [0.05, 0.1) is 17.4 Å². The number of thioether (sulfide) groups is 1. The molecule has 1 aromatic heterocycles. The zero-order valence-corrected chi connectivity index (χ0v) is 12.3. The molecule has 1 amide bonds. The zero-order chi connectivity index (χ0) is 14.5. The van der Waals surface area contributed by atoms with Gasteiger partial charge in [-0.05, 0) is 25.0 Å². The van der Waals surface area contributed by atoms with Crippen LogP contribution in [0.3, 0.4) is 0 Å². The number of carbonyl (C=O) groups is 1. The van der Waals surface area contributed by atoms with Gasteiger partial charge in [-0.2, -0.15) is 4.98 Å². The Bertz CT molecular complexity index is 598. The standard InChI is InChI=1S/C14H17N3O2S/c1-9-5-3-4-6-11(9)7-13-16-12(17-19-13)8-20-10(2)14(15)18/h3-6,10H,7-8H2,1-2H3,(H2,15,18).